The molecule has 0 heterocycles. The average Bonchev–Trinajstić information content (AvgIpc) is 2.91. The fourth-order valence-corrected chi connectivity index (χ4v) is 6.25. The third-order valence-corrected chi connectivity index (χ3v) is 8.40. The van der Waals surface area contributed by atoms with Crippen LogP contribution in [0.15, 0.2) is 77.3 Å². The van der Waals surface area contributed by atoms with Gasteiger partial charge in [-0.15, -0.1) is 0 Å². The average molecular weight is 643 g/mol. The minimum absolute atomic E-state index is 0.0944. The first-order valence-corrected chi connectivity index (χ1v) is 16.5. The van der Waals surface area contributed by atoms with Crippen molar-refractivity contribution >= 4 is 43.5 Å². The molecule has 7 nitrogen and oxygen atoms in total. The van der Waals surface area contributed by atoms with Crippen LogP contribution in [-0.4, -0.2) is 50.5 Å². The van der Waals surface area contributed by atoms with Crippen molar-refractivity contribution < 1.29 is 18.0 Å². The molecule has 3 aromatic rings. The Bertz CT molecular complexity index is 1410. The van der Waals surface area contributed by atoms with Gasteiger partial charge in [0.1, 0.15) is 6.04 Å². The van der Waals surface area contributed by atoms with Crippen LogP contribution in [0.5, 0.6) is 0 Å². The number of benzene rings is 3. The molecule has 0 aliphatic rings. The van der Waals surface area contributed by atoms with Gasteiger partial charge in [-0.2, -0.15) is 0 Å². The lowest BCUT2D eigenvalue weighted by Crippen LogP contribution is -2.50. The molecule has 0 saturated carbocycles. The molecule has 0 aromatic heterocycles. The minimum Gasteiger partial charge on any atom is -0.354 e. The Morgan fingerprint density at radius 1 is 0.927 bits per heavy atom. The van der Waals surface area contributed by atoms with E-state index >= 15 is 0 Å². The van der Waals surface area contributed by atoms with Crippen molar-refractivity contribution in [3.8, 4) is 0 Å². The van der Waals surface area contributed by atoms with Crippen molar-refractivity contribution in [2.45, 2.75) is 59.0 Å². The number of hydrogen-bond donors (Lipinski definition) is 1. The van der Waals surface area contributed by atoms with Crippen molar-refractivity contribution in [3.05, 3.63) is 99.5 Å². The zero-order chi connectivity index (χ0) is 30.0. The van der Waals surface area contributed by atoms with Gasteiger partial charge in [-0.3, -0.25) is 13.9 Å². The fourth-order valence-electron chi connectivity index (χ4n) is 4.85. The quantitative estimate of drug-likeness (QED) is 0.242. The molecule has 3 aromatic carbocycles. The first kappa shape index (κ1) is 32.3. The van der Waals surface area contributed by atoms with E-state index < -0.39 is 16.1 Å². The number of rotatable bonds is 14. The molecular formula is C32H40BrN3O4S. The third-order valence-electron chi connectivity index (χ3n) is 6.71. The maximum absolute atomic E-state index is 13.9. The van der Waals surface area contributed by atoms with E-state index in [1.807, 2.05) is 93.6 Å². The maximum Gasteiger partial charge on any atom is 0.243 e. The van der Waals surface area contributed by atoms with Gasteiger partial charge in [-0.1, -0.05) is 71.4 Å². The number of nitrogens with zero attached hydrogens (tertiary/aromatic N) is 2. The Labute approximate surface area is 253 Å². The van der Waals surface area contributed by atoms with E-state index in [1.165, 1.54) is 10.6 Å². The first-order chi connectivity index (χ1) is 19.5. The smallest absolute Gasteiger partial charge is 0.243 e. The predicted molar refractivity (Wildman–Crippen MR) is 169 cm³/mol. The molecule has 0 aliphatic carbocycles. The zero-order valence-corrected chi connectivity index (χ0v) is 26.7. The molecule has 0 unspecified atom stereocenters. The number of sulfonamides is 1. The van der Waals surface area contributed by atoms with Gasteiger partial charge in [-0.25, -0.2) is 8.42 Å². The topological polar surface area (TPSA) is 86.8 Å². The maximum atomic E-state index is 13.9. The van der Waals surface area contributed by atoms with Gasteiger partial charge >= 0.3 is 0 Å². The van der Waals surface area contributed by atoms with E-state index in [2.05, 4.69) is 21.2 Å². The van der Waals surface area contributed by atoms with E-state index in [9.17, 15) is 18.0 Å². The van der Waals surface area contributed by atoms with E-state index in [4.69, 9.17) is 0 Å². The summed E-state index contributed by atoms with van der Waals surface area (Å²) in [5, 5.41) is 2.98. The van der Waals surface area contributed by atoms with Gasteiger partial charge in [-0.05, 0) is 73.2 Å². The highest BCUT2D eigenvalue weighted by molar-refractivity contribution is 9.10. The lowest BCUT2D eigenvalue weighted by molar-refractivity contribution is -0.141. The Morgan fingerprint density at radius 3 is 2.20 bits per heavy atom. The summed E-state index contributed by atoms with van der Waals surface area (Å²) in [6, 6.07) is 22.3. The van der Waals surface area contributed by atoms with Crippen molar-refractivity contribution in [3.63, 3.8) is 0 Å². The standard InChI is InChI=1S/C32H40BrN3O4S/c1-5-16-34-32(38)30(22-26-11-7-6-8-12-26)35(23-27-13-9-14-28(33)21-27)31(37)15-10-17-36(41(4,39)40)29-19-24(2)18-25(3)20-29/h6-9,11-14,18-21,30H,5,10,15-17,22-23H2,1-4H3,(H,34,38)/t30-/m0/s1. The lowest BCUT2D eigenvalue weighted by Gasteiger charge is -2.32. The number of carbonyl (C=O) groups is 2. The third kappa shape index (κ3) is 10.0. The van der Waals surface area contributed by atoms with Gasteiger partial charge in [0.2, 0.25) is 21.8 Å². The van der Waals surface area contributed by atoms with Crippen LogP contribution in [0.25, 0.3) is 0 Å². The summed E-state index contributed by atoms with van der Waals surface area (Å²) < 4.78 is 27.7. The van der Waals surface area contributed by atoms with Crippen molar-refractivity contribution in [1.29, 1.82) is 0 Å². The minimum atomic E-state index is -3.56. The normalized spacial score (nSPS) is 12.0. The molecule has 220 valence electrons. The summed E-state index contributed by atoms with van der Waals surface area (Å²) in [4.78, 5) is 29.0. The van der Waals surface area contributed by atoms with Crippen molar-refractivity contribution in [2.24, 2.45) is 0 Å². The summed E-state index contributed by atoms with van der Waals surface area (Å²) >= 11 is 3.51. The second-order valence-electron chi connectivity index (χ2n) is 10.4. The molecule has 9 heteroatoms. The second kappa shape index (κ2) is 15.2. The van der Waals surface area contributed by atoms with E-state index in [1.54, 1.807) is 4.90 Å². The summed E-state index contributed by atoms with van der Waals surface area (Å²) in [5.41, 5.74) is 4.36. The summed E-state index contributed by atoms with van der Waals surface area (Å²) in [6.07, 6.45) is 2.73. The summed E-state index contributed by atoms with van der Waals surface area (Å²) in [6.45, 7) is 6.77. The SMILES string of the molecule is CCCNC(=O)[C@H](Cc1ccccc1)N(Cc1cccc(Br)c1)C(=O)CCCN(c1cc(C)cc(C)c1)S(C)(=O)=O. The van der Waals surface area contributed by atoms with Gasteiger partial charge in [0.15, 0.2) is 0 Å². The molecular weight excluding hydrogens is 602 g/mol. The molecule has 0 bridgehead atoms. The highest BCUT2D eigenvalue weighted by atomic mass is 79.9. The van der Waals surface area contributed by atoms with E-state index in [0.29, 0.717) is 25.1 Å². The molecule has 2 amide bonds. The number of aryl methyl sites for hydroxylation is 2. The summed E-state index contributed by atoms with van der Waals surface area (Å²) in [7, 11) is -3.56. The van der Waals surface area contributed by atoms with Crippen LogP contribution < -0.4 is 9.62 Å². The van der Waals surface area contributed by atoms with E-state index in [0.717, 1.165) is 33.1 Å². The molecule has 0 fully saturated rings. The number of amides is 2. The number of halogens is 1. The van der Waals surface area contributed by atoms with Crippen LogP contribution in [0.4, 0.5) is 5.69 Å². The molecule has 0 spiro atoms. The number of nitrogens with one attached hydrogen (secondary N) is 1. The number of anilines is 1. The van der Waals surface area contributed by atoms with Crippen LogP contribution >= 0.6 is 15.9 Å². The zero-order valence-electron chi connectivity index (χ0n) is 24.3. The lowest BCUT2D eigenvalue weighted by atomic mass is 10.0. The van der Waals surface area contributed by atoms with Crippen LogP contribution in [-0.2, 0) is 32.6 Å². The molecule has 0 aliphatic heterocycles. The highest BCUT2D eigenvalue weighted by Gasteiger charge is 2.30. The fraction of sp³-hybridized carbons (Fsp3) is 0.375. The van der Waals surface area contributed by atoms with Crippen LogP contribution in [0.3, 0.4) is 0 Å². The highest BCUT2D eigenvalue weighted by Crippen LogP contribution is 2.23. The molecule has 3 rings (SSSR count). The Hall–Kier alpha value is -3.17. The summed E-state index contributed by atoms with van der Waals surface area (Å²) in [5.74, 6) is -0.404. The van der Waals surface area contributed by atoms with Gasteiger partial charge < -0.3 is 10.2 Å². The predicted octanol–water partition coefficient (Wildman–Crippen LogP) is 5.78. The molecule has 41 heavy (non-hydrogen) atoms. The monoisotopic (exact) mass is 641 g/mol. The molecule has 1 N–H and O–H groups in total. The number of hydrogen-bond acceptors (Lipinski definition) is 4. The van der Waals surface area contributed by atoms with Crippen LogP contribution in [0.1, 0.15) is 48.4 Å². The van der Waals surface area contributed by atoms with Crippen LogP contribution in [0, 0.1) is 13.8 Å². The Balaban J connectivity index is 1.88. The first-order valence-electron chi connectivity index (χ1n) is 13.9. The van der Waals surface area contributed by atoms with Gasteiger partial charge in [0.25, 0.3) is 0 Å². The Kier molecular flexibility index (Phi) is 12.0. The van der Waals surface area contributed by atoms with Crippen LogP contribution in [0.2, 0.25) is 0 Å². The molecule has 1 atom stereocenters. The molecule has 0 saturated heterocycles. The Morgan fingerprint density at radius 2 is 1.59 bits per heavy atom. The van der Waals surface area contributed by atoms with E-state index in [-0.39, 0.29) is 31.3 Å². The van der Waals surface area contributed by atoms with Gasteiger partial charge in [0, 0.05) is 36.9 Å². The number of carbonyl (C=O) groups excluding carboxylic acids is 2. The van der Waals surface area contributed by atoms with Gasteiger partial charge in [0.05, 0.1) is 11.9 Å². The largest absolute Gasteiger partial charge is 0.354 e. The molecule has 0 radical (unpaired) electrons. The second-order valence-corrected chi connectivity index (χ2v) is 13.3. The van der Waals surface area contributed by atoms with Crippen molar-refractivity contribution in [2.75, 3.05) is 23.7 Å². The van der Waals surface area contributed by atoms with Crippen molar-refractivity contribution in [1.82, 2.24) is 10.2 Å².